The van der Waals surface area contributed by atoms with Gasteiger partial charge in [-0.15, -0.1) is 0 Å². The smallest absolute Gasteiger partial charge is 0.434 e. The van der Waals surface area contributed by atoms with Crippen LogP contribution in [0.25, 0.3) is 0 Å². The summed E-state index contributed by atoms with van der Waals surface area (Å²) in [6.07, 6.45) is -8.58. The van der Waals surface area contributed by atoms with Crippen molar-refractivity contribution in [3.63, 3.8) is 0 Å². The second kappa shape index (κ2) is 4.44. The molecule has 1 aromatic rings. The van der Waals surface area contributed by atoms with Crippen LogP contribution < -0.4 is 0 Å². The lowest BCUT2D eigenvalue weighted by atomic mass is 10.1. The Labute approximate surface area is 95.8 Å². The van der Waals surface area contributed by atoms with Crippen LogP contribution in [0.3, 0.4) is 0 Å². The molecular formula is C8H3ClF5NO2. The van der Waals surface area contributed by atoms with E-state index in [0.29, 0.717) is 6.07 Å². The van der Waals surface area contributed by atoms with Gasteiger partial charge < -0.3 is 5.11 Å². The molecular weight excluding hydrogens is 273 g/mol. The van der Waals surface area contributed by atoms with E-state index in [1.807, 2.05) is 0 Å². The number of carbonyl (C=O) groups is 1. The van der Waals surface area contributed by atoms with Crippen molar-refractivity contribution in [2.24, 2.45) is 0 Å². The zero-order valence-corrected chi connectivity index (χ0v) is 8.48. The largest absolute Gasteiger partial charge is 0.478 e. The molecule has 94 valence electrons. The van der Waals surface area contributed by atoms with Gasteiger partial charge in [0.25, 0.3) is 6.43 Å². The van der Waals surface area contributed by atoms with Crippen LogP contribution >= 0.6 is 11.6 Å². The van der Waals surface area contributed by atoms with E-state index in [4.69, 9.17) is 16.7 Å². The molecule has 9 heteroatoms. The molecule has 0 aliphatic heterocycles. The van der Waals surface area contributed by atoms with E-state index < -0.39 is 40.5 Å². The molecule has 3 nitrogen and oxygen atoms in total. The molecule has 0 bridgehead atoms. The highest BCUT2D eigenvalue weighted by atomic mass is 35.5. The summed E-state index contributed by atoms with van der Waals surface area (Å²) in [7, 11) is 0. The molecule has 1 aromatic heterocycles. The Morgan fingerprint density at radius 1 is 1.41 bits per heavy atom. The SMILES string of the molecule is O=C(O)c1c(C(F)F)cc(Cl)nc1C(F)(F)F. The standard InChI is InChI=1S/C8H3ClF5NO2/c9-3-1-2(6(10)11)4(7(16)17)5(15-3)8(12,13)14/h1,6H,(H,16,17). The number of hydrogen-bond acceptors (Lipinski definition) is 2. The molecule has 0 saturated heterocycles. The second-order valence-corrected chi connectivity index (χ2v) is 3.25. The predicted octanol–water partition coefficient (Wildman–Crippen LogP) is 3.39. The van der Waals surface area contributed by atoms with E-state index in [1.54, 1.807) is 0 Å². The van der Waals surface area contributed by atoms with Crippen molar-refractivity contribution >= 4 is 17.6 Å². The summed E-state index contributed by atoms with van der Waals surface area (Å²) in [5.74, 6) is -2.14. The molecule has 0 radical (unpaired) electrons. The zero-order chi connectivity index (χ0) is 13.4. The van der Waals surface area contributed by atoms with Gasteiger partial charge in [-0.3, -0.25) is 0 Å². The van der Waals surface area contributed by atoms with Crippen molar-refractivity contribution in [3.8, 4) is 0 Å². The molecule has 0 unspecified atom stereocenters. The lowest BCUT2D eigenvalue weighted by Gasteiger charge is -2.13. The summed E-state index contributed by atoms with van der Waals surface area (Å²) >= 11 is 5.14. The van der Waals surface area contributed by atoms with Gasteiger partial charge >= 0.3 is 12.1 Å². The van der Waals surface area contributed by atoms with Crippen molar-refractivity contribution in [1.82, 2.24) is 4.98 Å². The first kappa shape index (κ1) is 13.6. The Bertz CT molecular complexity index is 460. The number of halogens is 6. The maximum atomic E-state index is 12.4. The third-order valence-corrected chi connectivity index (χ3v) is 1.93. The van der Waals surface area contributed by atoms with Gasteiger partial charge in [0.2, 0.25) is 0 Å². The van der Waals surface area contributed by atoms with Crippen molar-refractivity contribution < 1.29 is 31.9 Å². The van der Waals surface area contributed by atoms with Crippen molar-refractivity contribution in [2.45, 2.75) is 12.6 Å². The van der Waals surface area contributed by atoms with Crippen molar-refractivity contribution in [3.05, 3.63) is 28.0 Å². The maximum absolute atomic E-state index is 12.4. The molecule has 0 spiro atoms. The number of nitrogens with zero attached hydrogens (tertiary/aromatic N) is 1. The summed E-state index contributed by atoms with van der Waals surface area (Å²) in [5, 5.41) is 7.68. The Hall–Kier alpha value is -1.44. The Balaban J connectivity index is 3.64. The monoisotopic (exact) mass is 275 g/mol. The molecule has 0 saturated carbocycles. The molecule has 1 N–H and O–H groups in total. The Morgan fingerprint density at radius 2 is 1.94 bits per heavy atom. The van der Waals surface area contributed by atoms with Crippen molar-refractivity contribution in [2.75, 3.05) is 0 Å². The summed E-state index contributed by atoms with van der Waals surface area (Å²) < 4.78 is 62.0. The minimum atomic E-state index is -5.18. The lowest BCUT2D eigenvalue weighted by molar-refractivity contribution is -0.141. The van der Waals surface area contributed by atoms with E-state index in [1.165, 1.54) is 0 Å². The van der Waals surface area contributed by atoms with Crippen LogP contribution in [0.2, 0.25) is 5.15 Å². The fourth-order valence-electron chi connectivity index (χ4n) is 1.13. The predicted molar refractivity (Wildman–Crippen MR) is 46.2 cm³/mol. The van der Waals surface area contributed by atoms with Crippen LogP contribution in [0.5, 0.6) is 0 Å². The van der Waals surface area contributed by atoms with Crippen LogP contribution in [-0.2, 0) is 6.18 Å². The average Bonchev–Trinajstić information content (AvgIpc) is 2.14. The molecule has 0 aromatic carbocycles. The molecule has 0 aliphatic rings. The van der Waals surface area contributed by atoms with Gasteiger partial charge in [-0.2, -0.15) is 13.2 Å². The molecule has 0 amide bonds. The summed E-state index contributed by atoms with van der Waals surface area (Å²) in [6.45, 7) is 0. The second-order valence-electron chi connectivity index (χ2n) is 2.86. The number of aromatic nitrogens is 1. The van der Waals surface area contributed by atoms with Gasteiger partial charge in [-0.1, -0.05) is 11.6 Å². The normalized spacial score (nSPS) is 11.9. The maximum Gasteiger partial charge on any atom is 0.434 e. The van der Waals surface area contributed by atoms with Gasteiger partial charge in [0.05, 0.1) is 5.56 Å². The van der Waals surface area contributed by atoms with Gasteiger partial charge in [0.1, 0.15) is 5.15 Å². The van der Waals surface area contributed by atoms with Crippen LogP contribution in [0.1, 0.15) is 28.0 Å². The van der Waals surface area contributed by atoms with Crippen LogP contribution in [0, 0.1) is 0 Å². The Morgan fingerprint density at radius 3 is 2.29 bits per heavy atom. The quantitative estimate of drug-likeness (QED) is 0.665. The number of hydrogen-bond donors (Lipinski definition) is 1. The molecule has 1 rings (SSSR count). The first-order chi connectivity index (χ1) is 7.64. The zero-order valence-electron chi connectivity index (χ0n) is 7.73. The molecule has 17 heavy (non-hydrogen) atoms. The van der Waals surface area contributed by atoms with E-state index >= 15 is 0 Å². The lowest BCUT2D eigenvalue weighted by Crippen LogP contribution is -2.18. The molecule has 0 fully saturated rings. The van der Waals surface area contributed by atoms with E-state index in [0.717, 1.165) is 0 Å². The number of carboxylic acids is 1. The highest BCUT2D eigenvalue weighted by Crippen LogP contribution is 2.36. The van der Waals surface area contributed by atoms with Gasteiger partial charge in [0, 0.05) is 5.56 Å². The highest BCUT2D eigenvalue weighted by Gasteiger charge is 2.40. The topological polar surface area (TPSA) is 50.2 Å². The first-order valence-electron chi connectivity index (χ1n) is 3.93. The van der Waals surface area contributed by atoms with E-state index in [-0.39, 0.29) is 0 Å². The third-order valence-electron chi connectivity index (χ3n) is 1.74. The summed E-state index contributed by atoms with van der Waals surface area (Å²) in [4.78, 5) is 13.3. The highest BCUT2D eigenvalue weighted by molar-refractivity contribution is 6.29. The minimum Gasteiger partial charge on any atom is -0.478 e. The third kappa shape index (κ3) is 2.82. The van der Waals surface area contributed by atoms with E-state index in [2.05, 4.69) is 4.98 Å². The number of aromatic carboxylic acids is 1. The number of alkyl halides is 5. The van der Waals surface area contributed by atoms with Crippen LogP contribution in [-0.4, -0.2) is 16.1 Å². The minimum absolute atomic E-state index is 0.394. The van der Waals surface area contributed by atoms with Crippen LogP contribution in [0.15, 0.2) is 6.07 Å². The number of pyridine rings is 1. The Kier molecular flexibility index (Phi) is 3.56. The first-order valence-corrected chi connectivity index (χ1v) is 4.31. The molecule has 0 atom stereocenters. The fourth-order valence-corrected chi connectivity index (χ4v) is 1.34. The van der Waals surface area contributed by atoms with E-state index in [9.17, 15) is 26.7 Å². The molecule has 1 heterocycles. The summed E-state index contributed by atoms with van der Waals surface area (Å²) in [5.41, 5.74) is -4.84. The van der Waals surface area contributed by atoms with Crippen molar-refractivity contribution in [1.29, 1.82) is 0 Å². The number of rotatable bonds is 2. The van der Waals surface area contributed by atoms with Gasteiger partial charge in [-0.25, -0.2) is 18.6 Å². The van der Waals surface area contributed by atoms with Crippen LogP contribution in [0.4, 0.5) is 22.0 Å². The number of carboxylic acid groups (broad SMARTS) is 1. The summed E-state index contributed by atoms with van der Waals surface area (Å²) in [6, 6.07) is 0.394. The fraction of sp³-hybridized carbons (Fsp3) is 0.250. The average molecular weight is 276 g/mol. The van der Waals surface area contributed by atoms with Gasteiger partial charge in [0.15, 0.2) is 5.69 Å². The molecule has 0 aliphatic carbocycles. The van der Waals surface area contributed by atoms with Gasteiger partial charge in [-0.05, 0) is 6.07 Å².